The molecule has 3 aliphatic heterocycles. The van der Waals surface area contributed by atoms with Crippen LogP contribution in [0, 0.1) is 11.3 Å². The van der Waals surface area contributed by atoms with E-state index in [2.05, 4.69) is 23.1 Å². The van der Waals surface area contributed by atoms with E-state index in [-0.39, 0.29) is 28.6 Å². The Morgan fingerprint density at radius 3 is 2.71 bits per heavy atom. The zero-order valence-corrected chi connectivity index (χ0v) is 16.7. The minimum atomic E-state index is -0.478. The topological polar surface area (TPSA) is 49.9 Å². The minimum absolute atomic E-state index is 0.0573. The second-order valence-corrected chi connectivity index (χ2v) is 9.70. The van der Waals surface area contributed by atoms with Gasteiger partial charge in [-0.1, -0.05) is 18.2 Å². The monoisotopic (exact) mass is 380 g/mol. The fraction of sp³-hybridized carbons (Fsp3) is 0.652. The predicted molar refractivity (Wildman–Crippen MR) is 105 cm³/mol. The molecule has 7 rings (SSSR count). The van der Waals surface area contributed by atoms with Crippen LogP contribution in [0.15, 0.2) is 24.3 Å². The van der Waals surface area contributed by atoms with Gasteiger partial charge in [-0.25, -0.2) is 0 Å². The van der Waals surface area contributed by atoms with Gasteiger partial charge in [0.2, 0.25) is 5.91 Å². The van der Waals surface area contributed by atoms with Crippen LogP contribution >= 0.6 is 0 Å². The minimum Gasteiger partial charge on any atom is -0.469 e. The maximum Gasteiger partial charge on any atom is 0.311 e. The quantitative estimate of drug-likeness (QED) is 0.703. The number of hydrogen-bond donors (Lipinski definition) is 0. The summed E-state index contributed by atoms with van der Waals surface area (Å²) in [6.07, 6.45) is 6.33. The lowest BCUT2D eigenvalue weighted by molar-refractivity contribution is -0.175. The lowest BCUT2D eigenvalue weighted by Gasteiger charge is -2.70. The highest BCUT2D eigenvalue weighted by molar-refractivity contribution is 5.99. The highest BCUT2D eigenvalue weighted by Gasteiger charge is 2.81. The van der Waals surface area contributed by atoms with Crippen molar-refractivity contribution in [2.75, 3.05) is 25.1 Å². The summed E-state index contributed by atoms with van der Waals surface area (Å²) in [5, 5.41) is 0. The van der Waals surface area contributed by atoms with E-state index in [1.165, 1.54) is 25.5 Å². The number of carbonyl (C=O) groups is 2. The van der Waals surface area contributed by atoms with Crippen LogP contribution < -0.4 is 4.90 Å². The van der Waals surface area contributed by atoms with Gasteiger partial charge in [0.15, 0.2) is 0 Å². The van der Waals surface area contributed by atoms with Gasteiger partial charge in [-0.3, -0.25) is 14.5 Å². The molecule has 3 heterocycles. The van der Waals surface area contributed by atoms with E-state index in [0.29, 0.717) is 6.04 Å². The molecule has 2 unspecified atom stereocenters. The van der Waals surface area contributed by atoms with E-state index in [0.717, 1.165) is 44.5 Å². The Morgan fingerprint density at radius 2 is 1.93 bits per heavy atom. The summed E-state index contributed by atoms with van der Waals surface area (Å²) in [4.78, 5) is 31.0. The van der Waals surface area contributed by atoms with Crippen LogP contribution in [0.5, 0.6) is 0 Å². The number of fused-ring (bicyclic) bond motifs is 3. The van der Waals surface area contributed by atoms with Gasteiger partial charge < -0.3 is 9.64 Å². The summed E-state index contributed by atoms with van der Waals surface area (Å²) >= 11 is 0. The van der Waals surface area contributed by atoms with Crippen LogP contribution in [0.4, 0.5) is 5.69 Å². The predicted octanol–water partition coefficient (Wildman–Crippen LogP) is 2.87. The van der Waals surface area contributed by atoms with Crippen LogP contribution in [-0.2, 0) is 19.7 Å². The van der Waals surface area contributed by atoms with Crippen molar-refractivity contribution < 1.29 is 14.3 Å². The van der Waals surface area contributed by atoms with Crippen LogP contribution in [0.25, 0.3) is 0 Å². The molecule has 3 spiro atoms. The molecule has 2 bridgehead atoms. The third kappa shape index (κ3) is 1.55. The van der Waals surface area contributed by atoms with Crippen LogP contribution in [0.2, 0.25) is 0 Å². The maximum absolute atomic E-state index is 13.2. The van der Waals surface area contributed by atoms with E-state index >= 15 is 0 Å². The van der Waals surface area contributed by atoms with Gasteiger partial charge in [0.1, 0.15) is 0 Å². The molecule has 28 heavy (non-hydrogen) atoms. The van der Waals surface area contributed by atoms with Gasteiger partial charge in [-0.2, -0.15) is 0 Å². The molecule has 1 aromatic rings. The van der Waals surface area contributed by atoms with Crippen molar-refractivity contribution in [3.8, 4) is 0 Å². The molecule has 0 aromatic heterocycles. The van der Waals surface area contributed by atoms with Gasteiger partial charge in [-0.05, 0) is 68.7 Å². The molecule has 0 radical (unpaired) electrons. The van der Waals surface area contributed by atoms with Crippen LogP contribution in [0.1, 0.15) is 51.0 Å². The van der Waals surface area contributed by atoms with Crippen molar-refractivity contribution in [2.24, 2.45) is 11.3 Å². The number of ether oxygens (including phenoxy) is 1. The molecule has 3 aliphatic carbocycles. The number of carbonyl (C=O) groups excluding carboxylic acids is 2. The van der Waals surface area contributed by atoms with Crippen molar-refractivity contribution in [3.63, 3.8) is 0 Å². The Balaban J connectivity index is 1.70. The molecule has 6 aliphatic rings. The Labute approximate surface area is 166 Å². The molecule has 5 heteroatoms. The Bertz CT molecular complexity index is 900. The third-order valence-electron chi connectivity index (χ3n) is 9.11. The number of esters is 1. The number of hydrogen-bond acceptors (Lipinski definition) is 4. The fourth-order valence-electron chi connectivity index (χ4n) is 8.69. The van der Waals surface area contributed by atoms with E-state index in [1.54, 1.807) is 6.92 Å². The molecule has 5 atom stereocenters. The van der Waals surface area contributed by atoms with Crippen molar-refractivity contribution >= 4 is 17.6 Å². The largest absolute Gasteiger partial charge is 0.469 e. The van der Waals surface area contributed by atoms with E-state index < -0.39 is 5.54 Å². The summed E-state index contributed by atoms with van der Waals surface area (Å²) < 4.78 is 5.36. The molecule has 2 saturated heterocycles. The zero-order valence-electron chi connectivity index (χ0n) is 16.7. The average Bonchev–Trinajstić information content (AvgIpc) is 3.23. The molecule has 1 aromatic carbocycles. The number of benzene rings is 1. The van der Waals surface area contributed by atoms with Gasteiger partial charge in [-0.15, -0.1) is 0 Å². The number of amides is 1. The summed E-state index contributed by atoms with van der Waals surface area (Å²) in [6, 6.07) is 8.91. The second kappa shape index (κ2) is 5.18. The second-order valence-electron chi connectivity index (χ2n) is 9.70. The van der Waals surface area contributed by atoms with Gasteiger partial charge in [0.05, 0.1) is 18.6 Å². The summed E-state index contributed by atoms with van der Waals surface area (Å²) in [5.41, 5.74) is 1.89. The first-order valence-electron chi connectivity index (χ1n) is 10.7. The smallest absolute Gasteiger partial charge is 0.311 e. The first-order chi connectivity index (χ1) is 13.5. The summed E-state index contributed by atoms with van der Waals surface area (Å²) in [6.45, 7) is 3.89. The normalized spacial score (nSPS) is 42.7. The Kier molecular flexibility index (Phi) is 3.15. The first kappa shape index (κ1) is 17.0. The third-order valence-corrected chi connectivity index (χ3v) is 9.11. The maximum atomic E-state index is 13.2. The molecular formula is C23H28N2O3. The highest BCUT2D eigenvalue weighted by atomic mass is 16.5. The molecule has 3 saturated carbocycles. The van der Waals surface area contributed by atoms with Gasteiger partial charge in [0, 0.05) is 24.1 Å². The number of nitrogens with zero attached hydrogens (tertiary/aromatic N) is 2. The SMILES string of the molecule is COC(=O)[C@@H]1CC23CCCN4CC[C@@]5(c6ccccc6N(C(C)=O)C15CC2)[C@@H]43. The Morgan fingerprint density at radius 1 is 1.11 bits per heavy atom. The number of rotatable bonds is 1. The standard InChI is InChI=1S/C23H28N2O3/c1-15(26)25-18-7-4-3-6-16(18)22-11-13-24-12-5-8-21(20(22)24)9-10-23(22,25)17(14-21)19(27)28-2/h3-4,6-7,17,20H,5,8-14H2,1-2H3/t17-,20-,21?,22+,23?/m0/s1. The molecular weight excluding hydrogens is 352 g/mol. The molecule has 1 amide bonds. The molecule has 5 nitrogen and oxygen atoms in total. The van der Waals surface area contributed by atoms with Gasteiger partial charge >= 0.3 is 5.97 Å². The summed E-state index contributed by atoms with van der Waals surface area (Å²) in [5.74, 6) is -0.307. The van der Waals surface area contributed by atoms with Crippen LogP contribution in [-0.4, -0.2) is 48.6 Å². The van der Waals surface area contributed by atoms with E-state index in [4.69, 9.17) is 4.74 Å². The first-order valence-corrected chi connectivity index (χ1v) is 10.7. The van der Waals surface area contributed by atoms with Crippen molar-refractivity contribution in [1.29, 1.82) is 0 Å². The van der Waals surface area contributed by atoms with Crippen LogP contribution in [0.3, 0.4) is 0 Å². The van der Waals surface area contributed by atoms with E-state index in [9.17, 15) is 9.59 Å². The lowest BCUT2D eigenvalue weighted by atomic mass is 9.38. The van der Waals surface area contributed by atoms with E-state index in [1.807, 2.05) is 11.0 Å². The molecule has 0 N–H and O–H groups in total. The number of piperidine rings is 1. The highest BCUT2D eigenvalue weighted by Crippen LogP contribution is 2.75. The fourth-order valence-corrected chi connectivity index (χ4v) is 8.69. The summed E-state index contributed by atoms with van der Waals surface area (Å²) in [7, 11) is 1.51. The van der Waals surface area contributed by atoms with Crippen molar-refractivity contribution in [2.45, 2.75) is 62.4 Å². The Hall–Kier alpha value is -1.88. The average molecular weight is 380 g/mol. The lowest BCUT2D eigenvalue weighted by Crippen LogP contribution is -2.79. The molecule has 5 fully saturated rings. The number of para-hydroxylation sites is 1. The number of methoxy groups -OCH3 is 1. The number of anilines is 1. The van der Waals surface area contributed by atoms with Crippen molar-refractivity contribution in [1.82, 2.24) is 4.90 Å². The molecule has 148 valence electrons. The van der Waals surface area contributed by atoms with Gasteiger partial charge in [0.25, 0.3) is 0 Å². The van der Waals surface area contributed by atoms with Crippen molar-refractivity contribution in [3.05, 3.63) is 29.8 Å². The zero-order chi connectivity index (χ0) is 19.3.